The van der Waals surface area contributed by atoms with Crippen molar-refractivity contribution in [3.63, 3.8) is 0 Å². The van der Waals surface area contributed by atoms with Crippen molar-refractivity contribution in [3.8, 4) is 0 Å². The van der Waals surface area contributed by atoms with Crippen LogP contribution in [0.25, 0.3) is 0 Å². The van der Waals surface area contributed by atoms with Crippen molar-refractivity contribution < 1.29 is 8.42 Å². The zero-order valence-electron chi connectivity index (χ0n) is 11.2. The summed E-state index contributed by atoms with van der Waals surface area (Å²) < 4.78 is 23.7. The van der Waals surface area contributed by atoms with E-state index in [1.54, 1.807) is 0 Å². The van der Waals surface area contributed by atoms with Crippen molar-refractivity contribution in [3.05, 3.63) is 35.4 Å². The van der Waals surface area contributed by atoms with Gasteiger partial charge in [-0.15, -0.1) is 0 Å². The lowest BCUT2D eigenvalue weighted by Gasteiger charge is -2.07. The minimum absolute atomic E-state index is 0.135. The highest BCUT2D eigenvalue weighted by molar-refractivity contribution is 7.90. The number of unbranched alkanes of at least 4 members (excludes halogenated alkanes) is 1. The summed E-state index contributed by atoms with van der Waals surface area (Å²) >= 11 is 0. The molecule has 0 unspecified atom stereocenters. The Hall–Kier alpha value is -0.870. The van der Waals surface area contributed by atoms with E-state index in [-0.39, 0.29) is 11.5 Å². The second-order valence-electron chi connectivity index (χ2n) is 4.98. The maximum absolute atomic E-state index is 11.9. The van der Waals surface area contributed by atoms with Gasteiger partial charge in [-0.25, -0.2) is 8.42 Å². The normalized spacial score (nSPS) is 12.0. The minimum atomic E-state index is -3.00. The van der Waals surface area contributed by atoms with Crippen molar-refractivity contribution in [2.45, 2.75) is 38.4 Å². The molecule has 0 radical (unpaired) electrons. The Morgan fingerprint density at radius 1 is 1.11 bits per heavy atom. The van der Waals surface area contributed by atoms with Crippen LogP contribution in [0.15, 0.2) is 24.3 Å². The van der Waals surface area contributed by atoms with Crippen LogP contribution in [0.4, 0.5) is 0 Å². The fourth-order valence-electron chi connectivity index (χ4n) is 1.79. The molecule has 1 rings (SSSR count). The van der Waals surface area contributed by atoms with Gasteiger partial charge in [-0.05, 0) is 36.4 Å². The first-order valence-electron chi connectivity index (χ1n) is 6.44. The fraction of sp³-hybridized carbons (Fsp3) is 0.571. The van der Waals surface area contributed by atoms with Crippen molar-refractivity contribution in [1.82, 2.24) is 0 Å². The second kappa shape index (κ2) is 6.90. The van der Waals surface area contributed by atoms with Crippen LogP contribution in [0.3, 0.4) is 0 Å². The molecule has 0 atom stereocenters. The number of hydrogen-bond acceptors (Lipinski definition) is 3. The van der Waals surface area contributed by atoms with Gasteiger partial charge in [-0.3, -0.25) is 0 Å². The monoisotopic (exact) mass is 269 g/mol. The molecule has 0 heterocycles. The van der Waals surface area contributed by atoms with E-state index >= 15 is 0 Å². The lowest BCUT2D eigenvalue weighted by Crippen LogP contribution is -2.11. The first kappa shape index (κ1) is 15.2. The SMILES string of the molecule is CC(C)c1ccc(CS(=O)(=O)CCCCN)cc1. The molecule has 4 heteroatoms. The number of hydrogen-bond donors (Lipinski definition) is 1. The number of nitrogens with two attached hydrogens (primary N) is 1. The largest absolute Gasteiger partial charge is 0.330 e. The van der Waals surface area contributed by atoms with E-state index in [9.17, 15) is 8.42 Å². The summed E-state index contributed by atoms with van der Waals surface area (Å²) in [6.07, 6.45) is 1.43. The smallest absolute Gasteiger partial charge is 0.154 e. The van der Waals surface area contributed by atoms with Gasteiger partial charge in [-0.2, -0.15) is 0 Å². The third kappa shape index (κ3) is 5.19. The van der Waals surface area contributed by atoms with Gasteiger partial charge in [0.2, 0.25) is 0 Å². The summed E-state index contributed by atoms with van der Waals surface area (Å²) in [5.41, 5.74) is 7.46. The van der Waals surface area contributed by atoms with Gasteiger partial charge in [0, 0.05) is 0 Å². The molecule has 0 aliphatic heterocycles. The molecule has 0 saturated heterocycles. The first-order valence-corrected chi connectivity index (χ1v) is 8.26. The van der Waals surface area contributed by atoms with Crippen molar-refractivity contribution in [1.29, 1.82) is 0 Å². The zero-order chi connectivity index (χ0) is 13.6. The molecule has 102 valence electrons. The Balaban J connectivity index is 2.61. The predicted molar refractivity (Wildman–Crippen MR) is 76.3 cm³/mol. The molecule has 0 saturated carbocycles. The Morgan fingerprint density at radius 3 is 2.22 bits per heavy atom. The topological polar surface area (TPSA) is 60.2 Å². The Labute approximate surface area is 110 Å². The van der Waals surface area contributed by atoms with Crippen LogP contribution in [0.1, 0.15) is 43.7 Å². The molecule has 3 nitrogen and oxygen atoms in total. The summed E-state index contributed by atoms with van der Waals surface area (Å²) in [7, 11) is -3.00. The van der Waals surface area contributed by atoms with Crippen LogP contribution < -0.4 is 5.73 Å². The molecule has 18 heavy (non-hydrogen) atoms. The Bertz CT molecular complexity index is 449. The van der Waals surface area contributed by atoms with Crippen LogP contribution in [0.5, 0.6) is 0 Å². The van der Waals surface area contributed by atoms with Crippen LogP contribution in [0, 0.1) is 0 Å². The van der Waals surface area contributed by atoms with E-state index in [0.717, 1.165) is 12.0 Å². The molecule has 0 amide bonds. The third-order valence-corrected chi connectivity index (χ3v) is 4.63. The number of rotatable bonds is 7. The lowest BCUT2D eigenvalue weighted by atomic mass is 10.0. The Kier molecular flexibility index (Phi) is 5.82. The molecule has 0 aliphatic carbocycles. The highest BCUT2D eigenvalue weighted by Crippen LogP contribution is 2.16. The van der Waals surface area contributed by atoms with Crippen molar-refractivity contribution >= 4 is 9.84 Å². The fourth-order valence-corrected chi connectivity index (χ4v) is 3.28. The zero-order valence-corrected chi connectivity index (χ0v) is 12.0. The highest BCUT2D eigenvalue weighted by Gasteiger charge is 2.11. The molecule has 2 N–H and O–H groups in total. The molecule has 0 aliphatic rings. The number of sulfone groups is 1. The van der Waals surface area contributed by atoms with E-state index in [1.165, 1.54) is 5.56 Å². The summed E-state index contributed by atoms with van der Waals surface area (Å²) in [6.45, 7) is 4.80. The van der Waals surface area contributed by atoms with E-state index in [1.807, 2.05) is 24.3 Å². The maximum Gasteiger partial charge on any atom is 0.154 e. The molecule has 0 bridgehead atoms. The van der Waals surface area contributed by atoms with E-state index < -0.39 is 9.84 Å². The van der Waals surface area contributed by atoms with Crippen molar-refractivity contribution in [2.75, 3.05) is 12.3 Å². The molecular weight excluding hydrogens is 246 g/mol. The van der Waals surface area contributed by atoms with Crippen LogP contribution in [-0.2, 0) is 15.6 Å². The minimum Gasteiger partial charge on any atom is -0.330 e. The van der Waals surface area contributed by atoms with Gasteiger partial charge >= 0.3 is 0 Å². The van der Waals surface area contributed by atoms with Gasteiger partial charge in [-0.1, -0.05) is 38.1 Å². The number of benzene rings is 1. The predicted octanol–water partition coefficient (Wildman–Crippen LogP) is 2.46. The summed E-state index contributed by atoms with van der Waals surface area (Å²) in [4.78, 5) is 0. The highest BCUT2D eigenvalue weighted by atomic mass is 32.2. The summed E-state index contributed by atoms with van der Waals surface area (Å²) in [5, 5.41) is 0. The van der Waals surface area contributed by atoms with Gasteiger partial charge in [0.25, 0.3) is 0 Å². The summed E-state index contributed by atoms with van der Waals surface area (Å²) in [6, 6.07) is 7.84. The maximum atomic E-state index is 11.9. The van der Waals surface area contributed by atoms with Gasteiger partial charge in [0.15, 0.2) is 9.84 Å². The van der Waals surface area contributed by atoms with Crippen LogP contribution >= 0.6 is 0 Å². The quantitative estimate of drug-likeness (QED) is 0.774. The van der Waals surface area contributed by atoms with Gasteiger partial charge in [0.05, 0.1) is 11.5 Å². The average Bonchev–Trinajstić information content (AvgIpc) is 2.29. The molecule has 0 aromatic heterocycles. The summed E-state index contributed by atoms with van der Waals surface area (Å²) in [5.74, 6) is 0.840. The van der Waals surface area contributed by atoms with E-state index in [0.29, 0.717) is 18.9 Å². The van der Waals surface area contributed by atoms with E-state index in [4.69, 9.17) is 5.73 Å². The Morgan fingerprint density at radius 2 is 1.72 bits per heavy atom. The lowest BCUT2D eigenvalue weighted by molar-refractivity contribution is 0.591. The molecule has 1 aromatic rings. The van der Waals surface area contributed by atoms with Crippen LogP contribution in [0.2, 0.25) is 0 Å². The molecule has 0 fully saturated rings. The third-order valence-electron chi connectivity index (χ3n) is 2.94. The van der Waals surface area contributed by atoms with Gasteiger partial charge < -0.3 is 5.73 Å². The molecule has 0 spiro atoms. The average molecular weight is 269 g/mol. The van der Waals surface area contributed by atoms with Crippen molar-refractivity contribution in [2.24, 2.45) is 5.73 Å². The van der Waals surface area contributed by atoms with E-state index in [2.05, 4.69) is 13.8 Å². The van der Waals surface area contributed by atoms with Gasteiger partial charge in [0.1, 0.15) is 0 Å². The first-order chi connectivity index (χ1) is 8.44. The molecule has 1 aromatic carbocycles. The second-order valence-corrected chi connectivity index (χ2v) is 7.17. The van der Waals surface area contributed by atoms with Crippen LogP contribution in [-0.4, -0.2) is 20.7 Å². The standard InChI is InChI=1S/C14H23NO2S/c1-12(2)14-7-5-13(6-8-14)11-18(16,17)10-4-3-9-15/h5-8,12H,3-4,9-11,15H2,1-2H3. The molecular formula is C14H23NO2S.